The second-order valence-electron chi connectivity index (χ2n) is 5.30. The van der Waals surface area contributed by atoms with Gasteiger partial charge in [0.15, 0.2) is 5.65 Å². The normalized spacial score (nSPS) is 11.1. The fraction of sp³-hybridized carbons (Fsp3) is 0.294. The van der Waals surface area contributed by atoms with Gasteiger partial charge in [0.05, 0.1) is 5.39 Å². The molecule has 1 aromatic carbocycles. The van der Waals surface area contributed by atoms with Crippen molar-refractivity contribution in [1.82, 2.24) is 14.8 Å². The van der Waals surface area contributed by atoms with Crippen molar-refractivity contribution in [3.05, 3.63) is 51.6 Å². The molecule has 0 radical (unpaired) electrons. The molecule has 6 heteroatoms. The van der Waals surface area contributed by atoms with Gasteiger partial charge in [-0.1, -0.05) is 53.0 Å². The molecular formula is C17H17BrClN3O. The molecule has 0 saturated carbocycles. The van der Waals surface area contributed by atoms with Gasteiger partial charge in [-0.05, 0) is 36.2 Å². The lowest BCUT2D eigenvalue weighted by Crippen LogP contribution is -2.02. The number of ether oxygens (including phenoxy) is 1. The molecule has 23 heavy (non-hydrogen) atoms. The highest BCUT2D eigenvalue weighted by Crippen LogP contribution is 2.26. The average Bonchev–Trinajstić information content (AvgIpc) is 2.89. The van der Waals surface area contributed by atoms with Gasteiger partial charge in [0.25, 0.3) is 0 Å². The highest BCUT2D eigenvalue weighted by Gasteiger charge is 2.13. The van der Waals surface area contributed by atoms with Crippen LogP contribution in [0.4, 0.5) is 0 Å². The first kappa shape index (κ1) is 16.3. The quantitative estimate of drug-likeness (QED) is 0.538. The second-order valence-corrected chi connectivity index (χ2v) is 6.61. The lowest BCUT2D eigenvalue weighted by atomic mass is 10.2. The van der Waals surface area contributed by atoms with E-state index in [1.807, 2.05) is 35.0 Å². The van der Waals surface area contributed by atoms with Crippen LogP contribution < -0.4 is 4.74 Å². The monoisotopic (exact) mass is 393 g/mol. The Bertz CT molecular complexity index is 801. The van der Waals surface area contributed by atoms with Crippen LogP contribution in [0.5, 0.6) is 5.88 Å². The SMILES string of the molecule is CCCCn1nc(OCc2ccc(Br)cc2)c2ccc(Cl)nc21. The summed E-state index contributed by atoms with van der Waals surface area (Å²) < 4.78 is 8.84. The zero-order chi connectivity index (χ0) is 16.2. The van der Waals surface area contributed by atoms with Crippen molar-refractivity contribution in [2.75, 3.05) is 0 Å². The van der Waals surface area contributed by atoms with Gasteiger partial charge >= 0.3 is 0 Å². The molecule has 4 nitrogen and oxygen atoms in total. The minimum atomic E-state index is 0.467. The van der Waals surface area contributed by atoms with E-state index in [4.69, 9.17) is 16.3 Å². The third-order valence-electron chi connectivity index (χ3n) is 3.54. The number of rotatable bonds is 6. The fourth-order valence-corrected chi connectivity index (χ4v) is 2.71. The van der Waals surface area contributed by atoms with Gasteiger partial charge in [0.1, 0.15) is 11.8 Å². The average molecular weight is 395 g/mol. The van der Waals surface area contributed by atoms with Gasteiger partial charge in [0, 0.05) is 11.0 Å². The summed E-state index contributed by atoms with van der Waals surface area (Å²) >= 11 is 9.46. The van der Waals surface area contributed by atoms with E-state index < -0.39 is 0 Å². The fourth-order valence-electron chi connectivity index (χ4n) is 2.30. The van der Waals surface area contributed by atoms with E-state index in [2.05, 4.69) is 32.9 Å². The Hall–Kier alpha value is -1.59. The molecule has 0 bridgehead atoms. The predicted octanol–water partition coefficient (Wildman–Crippen LogP) is 5.23. The zero-order valence-corrected chi connectivity index (χ0v) is 15.1. The van der Waals surface area contributed by atoms with Crippen molar-refractivity contribution in [2.45, 2.75) is 32.9 Å². The molecule has 2 aromatic heterocycles. The van der Waals surface area contributed by atoms with E-state index in [1.165, 1.54) is 0 Å². The van der Waals surface area contributed by atoms with Gasteiger partial charge in [-0.15, -0.1) is 5.10 Å². The van der Waals surface area contributed by atoms with Crippen LogP contribution in [0.2, 0.25) is 5.15 Å². The molecule has 3 aromatic rings. The minimum absolute atomic E-state index is 0.467. The Morgan fingerprint density at radius 1 is 1.17 bits per heavy atom. The Labute approximate surface area is 148 Å². The van der Waals surface area contributed by atoms with E-state index in [-0.39, 0.29) is 0 Å². The Morgan fingerprint density at radius 3 is 2.70 bits per heavy atom. The number of aromatic nitrogens is 3. The summed E-state index contributed by atoms with van der Waals surface area (Å²) in [5.41, 5.74) is 1.86. The molecule has 0 aliphatic rings. The lowest BCUT2D eigenvalue weighted by Gasteiger charge is -2.03. The summed E-state index contributed by atoms with van der Waals surface area (Å²) in [6.07, 6.45) is 2.13. The predicted molar refractivity (Wildman–Crippen MR) is 95.9 cm³/mol. The summed E-state index contributed by atoms with van der Waals surface area (Å²) in [4.78, 5) is 4.40. The van der Waals surface area contributed by atoms with Crippen LogP contribution in [0.25, 0.3) is 11.0 Å². The van der Waals surface area contributed by atoms with Crippen LogP contribution in [0, 0.1) is 0 Å². The number of aryl methyl sites for hydroxylation is 1. The minimum Gasteiger partial charge on any atom is -0.471 e. The van der Waals surface area contributed by atoms with Gasteiger partial charge in [-0.3, -0.25) is 0 Å². The van der Waals surface area contributed by atoms with Crippen LogP contribution in [-0.2, 0) is 13.2 Å². The van der Waals surface area contributed by atoms with Crippen molar-refractivity contribution >= 4 is 38.6 Å². The lowest BCUT2D eigenvalue weighted by molar-refractivity contribution is 0.292. The smallest absolute Gasteiger partial charge is 0.242 e. The summed E-state index contributed by atoms with van der Waals surface area (Å²) in [6.45, 7) is 3.43. The van der Waals surface area contributed by atoms with Crippen molar-refractivity contribution < 1.29 is 4.74 Å². The number of hydrogen-bond donors (Lipinski definition) is 0. The van der Waals surface area contributed by atoms with E-state index in [1.54, 1.807) is 6.07 Å². The molecule has 120 valence electrons. The maximum absolute atomic E-state index is 6.02. The van der Waals surface area contributed by atoms with Crippen LogP contribution in [0.3, 0.4) is 0 Å². The standard InChI is InChI=1S/C17H17BrClN3O/c1-2-3-10-22-16-14(8-9-15(19)20-16)17(21-22)23-11-12-4-6-13(18)7-5-12/h4-9H,2-3,10-11H2,1H3. The van der Waals surface area contributed by atoms with Crippen LogP contribution in [0.1, 0.15) is 25.3 Å². The molecule has 3 rings (SSSR count). The van der Waals surface area contributed by atoms with Gasteiger partial charge < -0.3 is 4.74 Å². The highest BCUT2D eigenvalue weighted by atomic mass is 79.9. The van der Waals surface area contributed by atoms with Crippen molar-refractivity contribution in [2.24, 2.45) is 0 Å². The maximum Gasteiger partial charge on any atom is 0.242 e. The summed E-state index contributed by atoms with van der Waals surface area (Å²) in [6, 6.07) is 11.7. The number of benzene rings is 1. The Balaban J connectivity index is 1.86. The number of fused-ring (bicyclic) bond motifs is 1. The number of pyridine rings is 1. The maximum atomic E-state index is 6.02. The molecule has 0 spiro atoms. The second kappa shape index (κ2) is 7.32. The molecule has 2 heterocycles. The van der Waals surface area contributed by atoms with Crippen LogP contribution >= 0.6 is 27.5 Å². The Kier molecular flexibility index (Phi) is 5.18. The molecule has 0 amide bonds. The largest absolute Gasteiger partial charge is 0.471 e. The van der Waals surface area contributed by atoms with Crippen molar-refractivity contribution in [3.63, 3.8) is 0 Å². The first-order chi connectivity index (χ1) is 11.2. The topological polar surface area (TPSA) is 39.9 Å². The molecule has 0 atom stereocenters. The molecule has 0 N–H and O–H groups in total. The molecule has 0 unspecified atom stereocenters. The summed E-state index contributed by atoms with van der Waals surface area (Å²) in [5.74, 6) is 0.600. The number of nitrogens with zero attached hydrogens (tertiary/aromatic N) is 3. The third-order valence-corrected chi connectivity index (χ3v) is 4.28. The molecular weight excluding hydrogens is 378 g/mol. The number of hydrogen-bond acceptors (Lipinski definition) is 3. The molecule has 0 fully saturated rings. The number of unbranched alkanes of at least 4 members (excludes halogenated alkanes) is 1. The van der Waals surface area contributed by atoms with E-state index in [9.17, 15) is 0 Å². The van der Waals surface area contributed by atoms with Crippen molar-refractivity contribution in [1.29, 1.82) is 0 Å². The third kappa shape index (κ3) is 3.85. The highest BCUT2D eigenvalue weighted by molar-refractivity contribution is 9.10. The molecule has 0 aliphatic heterocycles. The van der Waals surface area contributed by atoms with E-state index in [0.717, 1.165) is 40.5 Å². The Morgan fingerprint density at radius 2 is 1.96 bits per heavy atom. The van der Waals surface area contributed by atoms with Crippen LogP contribution in [-0.4, -0.2) is 14.8 Å². The first-order valence-electron chi connectivity index (χ1n) is 7.57. The number of halogens is 2. The summed E-state index contributed by atoms with van der Waals surface area (Å²) in [5, 5.41) is 5.92. The first-order valence-corrected chi connectivity index (χ1v) is 8.75. The van der Waals surface area contributed by atoms with Gasteiger partial charge in [-0.25, -0.2) is 9.67 Å². The molecule has 0 aliphatic carbocycles. The summed E-state index contributed by atoms with van der Waals surface area (Å²) in [7, 11) is 0. The van der Waals surface area contributed by atoms with Crippen molar-refractivity contribution in [3.8, 4) is 5.88 Å². The zero-order valence-electron chi connectivity index (χ0n) is 12.8. The van der Waals surface area contributed by atoms with E-state index >= 15 is 0 Å². The van der Waals surface area contributed by atoms with Crippen LogP contribution in [0.15, 0.2) is 40.9 Å². The van der Waals surface area contributed by atoms with E-state index in [0.29, 0.717) is 17.6 Å². The molecule has 0 saturated heterocycles. The van der Waals surface area contributed by atoms with Gasteiger partial charge in [-0.2, -0.15) is 0 Å². The van der Waals surface area contributed by atoms with Gasteiger partial charge in [0.2, 0.25) is 5.88 Å².